The van der Waals surface area contributed by atoms with Crippen molar-refractivity contribution in [3.63, 3.8) is 0 Å². The second kappa shape index (κ2) is 8.53. The van der Waals surface area contributed by atoms with Gasteiger partial charge in [0.05, 0.1) is 6.61 Å². The Morgan fingerprint density at radius 1 is 1.44 bits per heavy atom. The van der Waals surface area contributed by atoms with Crippen molar-refractivity contribution in [2.24, 2.45) is 0 Å². The van der Waals surface area contributed by atoms with Gasteiger partial charge in [-0.15, -0.1) is 0 Å². The van der Waals surface area contributed by atoms with Gasteiger partial charge in [0.2, 0.25) is 0 Å². The Labute approximate surface area is 98.6 Å². The first-order chi connectivity index (χ1) is 7.58. The van der Waals surface area contributed by atoms with Gasteiger partial charge in [-0.1, -0.05) is 26.7 Å². The molecule has 0 aliphatic rings. The van der Waals surface area contributed by atoms with Gasteiger partial charge < -0.3 is 9.84 Å². The first-order valence-corrected chi connectivity index (χ1v) is 6.05. The van der Waals surface area contributed by atoms with Crippen molar-refractivity contribution < 1.29 is 14.6 Å². The zero-order chi connectivity index (χ0) is 12.6. The fourth-order valence-corrected chi connectivity index (χ4v) is 2.00. The molecule has 0 saturated heterocycles. The van der Waals surface area contributed by atoms with Crippen LogP contribution in [0.2, 0.25) is 0 Å². The fraction of sp³-hybridized carbons (Fsp3) is 0.917. The number of nitrogens with zero attached hydrogens (tertiary/aromatic N) is 1. The molecule has 0 radical (unpaired) electrons. The number of methoxy groups -OCH3 is 1. The van der Waals surface area contributed by atoms with Crippen LogP contribution in [0.25, 0.3) is 0 Å². The lowest BCUT2D eigenvalue weighted by Gasteiger charge is -2.32. The molecule has 96 valence electrons. The van der Waals surface area contributed by atoms with E-state index in [1.807, 2.05) is 18.7 Å². The lowest BCUT2D eigenvalue weighted by atomic mass is 10.1. The Bertz CT molecular complexity index is 197. The Kier molecular flexibility index (Phi) is 8.21. The van der Waals surface area contributed by atoms with Crippen LogP contribution in [0.15, 0.2) is 0 Å². The van der Waals surface area contributed by atoms with E-state index in [1.54, 1.807) is 7.11 Å². The van der Waals surface area contributed by atoms with Gasteiger partial charge in [0.25, 0.3) is 0 Å². The van der Waals surface area contributed by atoms with Crippen LogP contribution in [0.4, 0.5) is 0 Å². The average Bonchev–Trinajstić information content (AvgIpc) is 2.23. The van der Waals surface area contributed by atoms with Crippen LogP contribution < -0.4 is 0 Å². The highest BCUT2D eigenvalue weighted by Crippen LogP contribution is 2.13. The first-order valence-electron chi connectivity index (χ1n) is 6.05. The number of hydrogen-bond donors (Lipinski definition) is 1. The lowest BCUT2D eigenvalue weighted by molar-refractivity contribution is -0.145. The van der Waals surface area contributed by atoms with Crippen LogP contribution in [-0.4, -0.2) is 48.3 Å². The van der Waals surface area contributed by atoms with E-state index >= 15 is 0 Å². The summed E-state index contributed by atoms with van der Waals surface area (Å²) in [6.07, 6.45) is 2.70. The van der Waals surface area contributed by atoms with Crippen molar-refractivity contribution in [1.29, 1.82) is 0 Å². The van der Waals surface area contributed by atoms with Crippen molar-refractivity contribution in [3.05, 3.63) is 0 Å². The molecule has 0 saturated carbocycles. The summed E-state index contributed by atoms with van der Waals surface area (Å²) in [5.74, 6) is -0.724. The van der Waals surface area contributed by atoms with E-state index in [0.29, 0.717) is 13.0 Å². The second-order valence-electron chi connectivity index (χ2n) is 4.13. The van der Waals surface area contributed by atoms with Crippen LogP contribution >= 0.6 is 0 Å². The zero-order valence-corrected chi connectivity index (χ0v) is 10.9. The number of carbonyl (C=O) groups is 1. The number of unbranched alkanes of at least 4 members (excludes halogenated alkanes) is 1. The third-order valence-corrected chi connectivity index (χ3v) is 2.86. The van der Waals surface area contributed by atoms with Crippen LogP contribution in [0.1, 0.15) is 40.0 Å². The molecular formula is C12H25NO3. The third-order valence-electron chi connectivity index (χ3n) is 2.86. The SMILES string of the molecule is CCCCC(C(=O)O)N(CC)C(C)COC. The molecular weight excluding hydrogens is 206 g/mol. The Hall–Kier alpha value is -0.610. The fourth-order valence-electron chi connectivity index (χ4n) is 2.00. The summed E-state index contributed by atoms with van der Waals surface area (Å²) in [5, 5.41) is 9.24. The number of rotatable bonds is 9. The van der Waals surface area contributed by atoms with Crippen LogP contribution in [0, 0.1) is 0 Å². The molecule has 0 amide bonds. The van der Waals surface area contributed by atoms with E-state index in [-0.39, 0.29) is 12.1 Å². The number of likely N-dealkylation sites (N-methyl/N-ethyl adjacent to an activating group) is 1. The summed E-state index contributed by atoms with van der Waals surface area (Å²) < 4.78 is 5.09. The quantitative estimate of drug-likeness (QED) is 0.659. The molecule has 2 unspecified atom stereocenters. The predicted octanol–water partition coefficient (Wildman–Crippen LogP) is 1.99. The van der Waals surface area contributed by atoms with Crippen LogP contribution in [0.3, 0.4) is 0 Å². The molecule has 0 aromatic carbocycles. The summed E-state index contributed by atoms with van der Waals surface area (Å²) in [5.41, 5.74) is 0. The van der Waals surface area contributed by atoms with Gasteiger partial charge >= 0.3 is 5.97 Å². The molecule has 0 aromatic rings. The molecule has 0 heterocycles. The van der Waals surface area contributed by atoms with Crippen LogP contribution in [-0.2, 0) is 9.53 Å². The van der Waals surface area contributed by atoms with Crippen molar-refractivity contribution in [1.82, 2.24) is 4.90 Å². The molecule has 0 spiro atoms. The number of hydrogen-bond acceptors (Lipinski definition) is 3. The Balaban J connectivity index is 4.50. The summed E-state index contributed by atoms with van der Waals surface area (Å²) >= 11 is 0. The zero-order valence-electron chi connectivity index (χ0n) is 10.9. The normalized spacial score (nSPS) is 15.1. The molecule has 0 aliphatic heterocycles. The topological polar surface area (TPSA) is 49.8 Å². The maximum absolute atomic E-state index is 11.2. The molecule has 0 bridgehead atoms. The lowest BCUT2D eigenvalue weighted by Crippen LogP contribution is -2.47. The highest BCUT2D eigenvalue weighted by Gasteiger charge is 2.27. The molecule has 2 atom stereocenters. The molecule has 0 aromatic heterocycles. The minimum atomic E-state index is -0.724. The maximum Gasteiger partial charge on any atom is 0.320 e. The highest BCUT2D eigenvalue weighted by atomic mass is 16.5. The van der Waals surface area contributed by atoms with Crippen molar-refractivity contribution in [2.75, 3.05) is 20.3 Å². The molecule has 0 rings (SSSR count). The van der Waals surface area contributed by atoms with E-state index in [0.717, 1.165) is 19.4 Å². The van der Waals surface area contributed by atoms with Gasteiger partial charge in [0.1, 0.15) is 6.04 Å². The van der Waals surface area contributed by atoms with Crippen LogP contribution in [0.5, 0.6) is 0 Å². The average molecular weight is 231 g/mol. The molecule has 1 N–H and O–H groups in total. The van der Waals surface area contributed by atoms with Crippen molar-refractivity contribution in [2.45, 2.75) is 52.1 Å². The smallest absolute Gasteiger partial charge is 0.320 e. The Morgan fingerprint density at radius 2 is 2.06 bits per heavy atom. The van der Waals surface area contributed by atoms with E-state index in [2.05, 4.69) is 6.92 Å². The van der Waals surface area contributed by atoms with Crippen molar-refractivity contribution in [3.8, 4) is 0 Å². The molecule has 4 heteroatoms. The number of ether oxygens (including phenoxy) is 1. The van der Waals surface area contributed by atoms with Gasteiger partial charge in [-0.05, 0) is 19.9 Å². The molecule has 0 fully saturated rings. The van der Waals surface area contributed by atoms with E-state index < -0.39 is 5.97 Å². The third kappa shape index (κ3) is 4.94. The van der Waals surface area contributed by atoms with Crippen molar-refractivity contribution >= 4 is 5.97 Å². The summed E-state index contributed by atoms with van der Waals surface area (Å²) in [6.45, 7) is 7.39. The monoisotopic (exact) mass is 231 g/mol. The summed E-state index contributed by atoms with van der Waals surface area (Å²) in [6, 6.07) is -0.233. The largest absolute Gasteiger partial charge is 0.480 e. The summed E-state index contributed by atoms with van der Waals surface area (Å²) in [4.78, 5) is 13.2. The van der Waals surface area contributed by atoms with E-state index in [4.69, 9.17) is 4.74 Å². The number of aliphatic carboxylic acids is 1. The minimum Gasteiger partial charge on any atom is -0.480 e. The number of carboxylic acid groups (broad SMARTS) is 1. The maximum atomic E-state index is 11.2. The minimum absolute atomic E-state index is 0.146. The Morgan fingerprint density at radius 3 is 2.44 bits per heavy atom. The molecule has 0 aliphatic carbocycles. The van der Waals surface area contributed by atoms with Gasteiger partial charge in [-0.25, -0.2) is 0 Å². The summed E-state index contributed by atoms with van der Waals surface area (Å²) in [7, 11) is 1.64. The predicted molar refractivity (Wildman–Crippen MR) is 64.7 cm³/mol. The molecule has 16 heavy (non-hydrogen) atoms. The number of carboxylic acids is 1. The standard InChI is InChI=1S/C12H25NO3/c1-5-7-8-11(12(14)15)13(6-2)10(3)9-16-4/h10-11H,5-9H2,1-4H3,(H,14,15). The first kappa shape index (κ1) is 15.4. The van der Waals surface area contributed by atoms with Gasteiger partial charge in [-0.2, -0.15) is 0 Å². The highest BCUT2D eigenvalue weighted by molar-refractivity contribution is 5.73. The van der Waals surface area contributed by atoms with Gasteiger partial charge in [-0.3, -0.25) is 9.69 Å². The second-order valence-corrected chi connectivity index (χ2v) is 4.13. The van der Waals surface area contributed by atoms with Gasteiger partial charge in [0, 0.05) is 13.2 Å². The van der Waals surface area contributed by atoms with Gasteiger partial charge in [0.15, 0.2) is 0 Å². The molecule has 4 nitrogen and oxygen atoms in total. The van der Waals surface area contributed by atoms with E-state index in [9.17, 15) is 9.90 Å². The van der Waals surface area contributed by atoms with E-state index in [1.165, 1.54) is 0 Å².